The van der Waals surface area contributed by atoms with E-state index in [2.05, 4.69) is 35.1 Å². The summed E-state index contributed by atoms with van der Waals surface area (Å²) in [5.74, 6) is 2.76. The molecule has 2 aliphatic rings. The van der Waals surface area contributed by atoms with Gasteiger partial charge >= 0.3 is 0 Å². The first kappa shape index (κ1) is 15.8. The van der Waals surface area contributed by atoms with Crippen LogP contribution in [0.5, 0.6) is 0 Å². The van der Waals surface area contributed by atoms with E-state index in [1.54, 1.807) is 0 Å². The lowest BCUT2D eigenvalue weighted by atomic mass is 9.80. The minimum Gasteiger partial charge on any atom is -0.312 e. The van der Waals surface area contributed by atoms with Gasteiger partial charge in [0.05, 0.1) is 6.54 Å². The van der Waals surface area contributed by atoms with Gasteiger partial charge < -0.3 is 10.2 Å². The van der Waals surface area contributed by atoms with Gasteiger partial charge in [0.15, 0.2) is 0 Å². The zero-order valence-electron chi connectivity index (χ0n) is 13.3. The van der Waals surface area contributed by atoms with Crippen LogP contribution in [0.2, 0.25) is 0 Å². The summed E-state index contributed by atoms with van der Waals surface area (Å²) in [6.45, 7) is 4.27. The van der Waals surface area contributed by atoms with Crippen molar-refractivity contribution in [3.05, 3.63) is 0 Å². The van der Waals surface area contributed by atoms with Crippen LogP contribution >= 0.6 is 0 Å². The lowest BCUT2D eigenvalue weighted by Gasteiger charge is -2.44. The van der Waals surface area contributed by atoms with Gasteiger partial charge in [-0.15, -0.1) is 6.42 Å². The molecule has 3 nitrogen and oxygen atoms in total. The second-order valence-electron chi connectivity index (χ2n) is 6.81. The van der Waals surface area contributed by atoms with E-state index >= 15 is 0 Å². The van der Waals surface area contributed by atoms with E-state index in [1.165, 1.54) is 44.9 Å². The van der Waals surface area contributed by atoms with Crippen molar-refractivity contribution in [1.29, 1.82) is 0 Å². The van der Waals surface area contributed by atoms with Crippen LogP contribution in [0.4, 0.5) is 0 Å². The SMILES string of the molecule is C#CCN1CCC(NCC2(N(C)C)CCCCC2)CC1. The van der Waals surface area contributed by atoms with Gasteiger partial charge in [-0.05, 0) is 39.8 Å². The van der Waals surface area contributed by atoms with Gasteiger partial charge in [-0.3, -0.25) is 4.90 Å². The number of hydrogen-bond acceptors (Lipinski definition) is 3. The fraction of sp³-hybridized carbons (Fsp3) is 0.882. The predicted octanol–water partition coefficient (Wildman–Crippen LogP) is 1.94. The molecule has 1 aliphatic carbocycles. The number of terminal acetylenes is 1. The first-order chi connectivity index (χ1) is 9.66. The molecule has 114 valence electrons. The molecular weight excluding hydrogens is 246 g/mol. The lowest BCUT2D eigenvalue weighted by molar-refractivity contribution is 0.0901. The largest absolute Gasteiger partial charge is 0.312 e. The Morgan fingerprint density at radius 3 is 2.40 bits per heavy atom. The molecule has 0 aromatic carbocycles. The molecule has 0 unspecified atom stereocenters. The first-order valence-electron chi connectivity index (χ1n) is 8.23. The Labute approximate surface area is 125 Å². The van der Waals surface area contributed by atoms with Crippen LogP contribution in [0.15, 0.2) is 0 Å². The molecule has 0 aromatic heterocycles. The summed E-state index contributed by atoms with van der Waals surface area (Å²) in [7, 11) is 4.51. The molecule has 1 heterocycles. The van der Waals surface area contributed by atoms with E-state index in [0.717, 1.165) is 26.2 Å². The molecule has 2 fully saturated rings. The number of nitrogens with zero attached hydrogens (tertiary/aromatic N) is 2. The Morgan fingerprint density at radius 1 is 1.20 bits per heavy atom. The molecule has 1 aliphatic heterocycles. The molecular formula is C17H31N3. The fourth-order valence-electron chi connectivity index (χ4n) is 3.75. The second kappa shape index (κ2) is 7.45. The van der Waals surface area contributed by atoms with E-state index in [0.29, 0.717) is 11.6 Å². The standard InChI is InChI=1S/C17H31N3/c1-4-12-20-13-8-16(9-14-20)18-15-17(19(2)3)10-6-5-7-11-17/h1,16,18H,5-15H2,2-3H3. The topological polar surface area (TPSA) is 18.5 Å². The molecule has 1 N–H and O–H groups in total. The fourth-order valence-corrected chi connectivity index (χ4v) is 3.75. The summed E-state index contributed by atoms with van der Waals surface area (Å²) >= 11 is 0. The highest BCUT2D eigenvalue weighted by atomic mass is 15.2. The smallest absolute Gasteiger partial charge is 0.0598 e. The molecule has 20 heavy (non-hydrogen) atoms. The molecule has 0 spiro atoms. The Balaban J connectivity index is 1.78. The maximum atomic E-state index is 5.39. The third kappa shape index (κ3) is 3.97. The number of nitrogens with one attached hydrogen (secondary N) is 1. The summed E-state index contributed by atoms with van der Waals surface area (Å²) in [5, 5.41) is 3.86. The van der Waals surface area contributed by atoms with Crippen molar-refractivity contribution < 1.29 is 0 Å². The van der Waals surface area contributed by atoms with Gasteiger partial charge in [0.1, 0.15) is 0 Å². The van der Waals surface area contributed by atoms with Crippen LogP contribution in [0.1, 0.15) is 44.9 Å². The monoisotopic (exact) mass is 277 g/mol. The van der Waals surface area contributed by atoms with E-state index in [4.69, 9.17) is 6.42 Å². The molecule has 0 aromatic rings. The summed E-state index contributed by atoms with van der Waals surface area (Å²) in [4.78, 5) is 4.85. The minimum atomic E-state index is 0.397. The number of piperidine rings is 1. The lowest BCUT2D eigenvalue weighted by Crippen LogP contribution is -2.55. The molecule has 0 bridgehead atoms. The van der Waals surface area contributed by atoms with Crippen molar-refractivity contribution >= 4 is 0 Å². The van der Waals surface area contributed by atoms with Crippen molar-refractivity contribution in [2.24, 2.45) is 0 Å². The first-order valence-corrected chi connectivity index (χ1v) is 8.23. The molecule has 0 radical (unpaired) electrons. The van der Waals surface area contributed by atoms with E-state index in [9.17, 15) is 0 Å². The number of hydrogen-bond donors (Lipinski definition) is 1. The van der Waals surface area contributed by atoms with Crippen molar-refractivity contribution in [1.82, 2.24) is 15.1 Å². The quantitative estimate of drug-likeness (QED) is 0.775. The van der Waals surface area contributed by atoms with E-state index in [-0.39, 0.29) is 0 Å². The van der Waals surface area contributed by atoms with Gasteiger partial charge in [-0.2, -0.15) is 0 Å². The third-order valence-electron chi connectivity index (χ3n) is 5.36. The number of rotatable bonds is 5. The van der Waals surface area contributed by atoms with Crippen LogP contribution in [-0.4, -0.2) is 61.7 Å². The summed E-state index contributed by atoms with van der Waals surface area (Å²) in [6, 6.07) is 0.683. The molecule has 2 rings (SSSR count). The average Bonchev–Trinajstić information content (AvgIpc) is 2.48. The average molecular weight is 277 g/mol. The van der Waals surface area contributed by atoms with Gasteiger partial charge in [-0.25, -0.2) is 0 Å². The summed E-state index contributed by atoms with van der Waals surface area (Å²) < 4.78 is 0. The van der Waals surface area contributed by atoms with Crippen molar-refractivity contribution in [3.8, 4) is 12.3 Å². The molecule has 1 saturated carbocycles. The Bertz CT molecular complexity index is 318. The van der Waals surface area contributed by atoms with Crippen molar-refractivity contribution in [2.45, 2.75) is 56.5 Å². The van der Waals surface area contributed by atoms with Gasteiger partial charge in [-0.1, -0.05) is 25.2 Å². The van der Waals surface area contributed by atoms with Gasteiger partial charge in [0, 0.05) is 31.2 Å². The van der Waals surface area contributed by atoms with Crippen LogP contribution in [0, 0.1) is 12.3 Å². The number of likely N-dealkylation sites (N-methyl/N-ethyl adjacent to an activating group) is 1. The van der Waals surface area contributed by atoms with Gasteiger partial charge in [0.25, 0.3) is 0 Å². The van der Waals surface area contributed by atoms with Crippen LogP contribution in [0.25, 0.3) is 0 Å². The van der Waals surface area contributed by atoms with E-state index in [1.807, 2.05) is 0 Å². The second-order valence-corrected chi connectivity index (χ2v) is 6.81. The Kier molecular flexibility index (Phi) is 5.89. The zero-order chi connectivity index (χ0) is 14.4. The molecule has 3 heteroatoms. The summed E-state index contributed by atoms with van der Waals surface area (Å²) in [6.07, 6.45) is 14.8. The third-order valence-corrected chi connectivity index (χ3v) is 5.36. The molecule has 0 amide bonds. The predicted molar refractivity (Wildman–Crippen MR) is 85.8 cm³/mol. The Morgan fingerprint density at radius 2 is 1.85 bits per heavy atom. The zero-order valence-corrected chi connectivity index (χ0v) is 13.3. The van der Waals surface area contributed by atoms with Crippen LogP contribution in [-0.2, 0) is 0 Å². The van der Waals surface area contributed by atoms with E-state index < -0.39 is 0 Å². The normalized spacial score (nSPS) is 24.7. The highest BCUT2D eigenvalue weighted by Crippen LogP contribution is 2.31. The van der Waals surface area contributed by atoms with Crippen molar-refractivity contribution in [2.75, 3.05) is 40.3 Å². The Hall–Kier alpha value is -0.560. The molecule has 0 atom stereocenters. The van der Waals surface area contributed by atoms with Crippen LogP contribution < -0.4 is 5.32 Å². The van der Waals surface area contributed by atoms with Crippen LogP contribution in [0.3, 0.4) is 0 Å². The maximum Gasteiger partial charge on any atom is 0.0598 e. The minimum absolute atomic E-state index is 0.397. The van der Waals surface area contributed by atoms with Gasteiger partial charge in [0.2, 0.25) is 0 Å². The number of likely N-dealkylation sites (tertiary alicyclic amines) is 1. The summed E-state index contributed by atoms with van der Waals surface area (Å²) in [5.41, 5.74) is 0.397. The van der Waals surface area contributed by atoms with Crippen molar-refractivity contribution in [3.63, 3.8) is 0 Å². The molecule has 1 saturated heterocycles. The maximum absolute atomic E-state index is 5.39. The highest BCUT2D eigenvalue weighted by Gasteiger charge is 2.34. The highest BCUT2D eigenvalue weighted by molar-refractivity contribution is 4.95.